The fourth-order valence-electron chi connectivity index (χ4n) is 3.05. The summed E-state index contributed by atoms with van der Waals surface area (Å²) in [6.07, 6.45) is 3.88. The van der Waals surface area contributed by atoms with Crippen molar-refractivity contribution in [1.82, 2.24) is 20.0 Å². The molecule has 0 aliphatic carbocycles. The number of nitrogens with zero attached hydrogens (tertiary/aromatic N) is 4. The third-order valence-electron chi connectivity index (χ3n) is 4.58. The van der Waals surface area contributed by atoms with Crippen LogP contribution in [0.25, 0.3) is 5.69 Å². The Hall–Kier alpha value is -2.75. The first-order chi connectivity index (χ1) is 14.1. The van der Waals surface area contributed by atoms with Crippen LogP contribution in [0.4, 0.5) is 0 Å². The van der Waals surface area contributed by atoms with Crippen molar-refractivity contribution in [2.24, 2.45) is 4.99 Å². The normalized spacial score (nSPS) is 10.9. The summed E-state index contributed by atoms with van der Waals surface area (Å²) in [5.74, 6) is 2.34. The summed E-state index contributed by atoms with van der Waals surface area (Å²) in [6, 6.07) is 15.9. The van der Waals surface area contributed by atoms with Crippen molar-refractivity contribution in [3.05, 3.63) is 72.1 Å². The minimum absolute atomic E-state index is 0. The molecule has 0 aliphatic rings. The summed E-state index contributed by atoms with van der Waals surface area (Å²) in [6.45, 7) is 1.28. The molecular weight excluding hydrogens is 493 g/mol. The molecule has 8 heteroatoms. The SMILES string of the molecule is CN=C(NCc1cnn(-c2ccccc2)c1)N(C)Cc1ccc(OC)cc1OC.I. The van der Waals surface area contributed by atoms with E-state index >= 15 is 0 Å². The molecule has 3 aromatic rings. The number of hydrogen-bond donors (Lipinski definition) is 1. The van der Waals surface area contributed by atoms with Crippen LogP contribution in [0.5, 0.6) is 11.5 Å². The van der Waals surface area contributed by atoms with E-state index in [0.29, 0.717) is 13.1 Å². The zero-order valence-electron chi connectivity index (χ0n) is 17.7. The van der Waals surface area contributed by atoms with Gasteiger partial charge in [0, 0.05) is 50.6 Å². The van der Waals surface area contributed by atoms with Gasteiger partial charge in [0.05, 0.1) is 26.1 Å². The molecule has 2 aromatic carbocycles. The predicted molar refractivity (Wildman–Crippen MR) is 130 cm³/mol. The van der Waals surface area contributed by atoms with E-state index in [-0.39, 0.29) is 24.0 Å². The van der Waals surface area contributed by atoms with Gasteiger partial charge in [-0.2, -0.15) is 5.10 Å². The topological polar surface area (TPSA) is 63.9 Å². The maximum atomic E-state index is 5.50. The van der Waals surface area contributed by atoms with Crippen molar-refractivity contribution >= 4 is 29.9 Å². The number of guanidine groups is 1. The molecule has 30 heavy (non-hydrogen) atoms. The highest BCUT2D eigenvalue weighted by Gasteiger charge is 2.12. The van der Waals surface area contributed by atoms with Crippen LogP contribution in [-0.4, -0.2) is 49.0 Å². The van der Waals surface area contributed by atoms with Gasteiger partial charge in [0.25, 0.3) is 0 Å². The molecule has 0 unspecified atom stereocenters. The van der Waals surface area contributed by atoms with E-state index < -0.39 is 0 Å². The minimum atomic E-state index is 0. The smallest absolute Gasteiger partial charge is 0.193 e. The number of hydrogen-bond acceptors (Lipinski definition) is 4. The van der Waals surface area contributed by atoms with Gasteiger partial charge < -0.3 is 19.7 Å². The van der Waals surface area contributed by atoms with Crippen LogP contribution in [0.15, 0.2) is 65.9 Å². The van der Waals surface area contributed by atoms with E-state index in [0.717, 1.165) is 34.3 Å². The van der Waals surface area contributed by atoms with Crippen LogP contribution in [0.1, 0.15) is 11.1 Å². The van der Waals surface area contributed by atoms with E-state index in [9.17, 15) is 0 Å². The summed E-state index contributed by atoms with van der Waals surface area (Å²) in [4.78, 5) is 6.44. The number of aliphatic imine (C=N–C) groups is 1. The lowest BCUT2D eigenvalue weighted by atomic mass is 10.2. The highest BCUT2D eigenvalue weighted by atomic mass is 127. The molecule has 1 N–H and O–H groups in total. The van der Waals surface area contributed by atoms with Gasteiger partial charge in [0.2, 0.25) is 0 Å². The average Bonchev–Trinajstić information content (AvgIpc) is 3.24. The number of aromatic nitrogens is 2. The maximum Gasteiger partial charge on any atom is 0.193 e. The van der Waals surface area contributed by atoms with Crippen molar-refractivity contribution in [2.45, 2.75) is 13.1 Å². The van der Waals surface area contributed by atoms with Crippen molar-refractivity contribution in [3.8, 4) is 17.2 Å². The van der Waals surface area contributed by atoms with Crippen molar-refractivity contribution < 1.29 is 9.47 Å². The summed E-state index contributed by atoms with van der Waals surface area (Å²) < 4.78 is 12.6. The van der Waals surface area contributed by atoms with Crippen LogP contribution < -0.4 is 14.8 Å². The second-order valence-electron chi connectivity index (χ2n) is 6.56. The predicted octanol–water partition coefficient (Wildman–Crippen LogP) is 3.71. The number of halogens is 1. The monoisotopic (exact) mass is 521 g/mol. The lowest BCUT2D eigenvalue weighted by Gasteiger charge is -2.23. The molecule has 1 heterocycles. The molecule has 0 saturated heterocycles. The van der Waals surface area contributed by atoms with Gasteiger partial charge in [0.15, 0.2) is 5.96 Å². The van der Waals surface area contributed by atoms with Gasteiger partial charge in [-0.15, -0.1) is 24.0 Å². The average molecular weight is 521 g/mol. The summed E-state index contributed by atoms with van der Waals surface area (Å²) in [5, 5.41) is 7.82. The third-order valence-corrected chi connectivity index (χ3v) is 4.58. The highest BCUT2D eigenvalue weighted by molar-refractivity contribution is 14.0. The molecule has 7 nitrogen and oxygen atoms in total. The number of benzene rings is 2. The number of rotatable bonds is 7. The van der Waals surface area contributed by atoms with E-state index in [1.807, 2.05) is 77.6 Å². The number of methoxy groups -OCH3 is 2. The first-order valence-electron chi connectivity index (χ1n) is 9.36. The van der Waals surface area contributed by atoms with E-state index in [2.05, 4.69) is 15.4 Å². The number of nitrogens with one attached hydrogen (secondary N) is 1. The van der Waals surface area contributed by atoms with Crippen molar-refractivity contribution in [1.29, 1.82) is 0 Å². The number of ether oxygens (including phenoxy) is 2. The van der Waals surface area contributed by atoms with Gasteiger partial charge >= 0.3 is 0 Å². The molecule has 1 aromatic heterocycles. The van der Waals surface area contributed by atoms with Gasteiger partial charge in [-0.3, -0.25) is 4.99 Å². The van der Waals surface area contributed by atoms with Crippen LogP contribution in [0.2, 0.25) is 0 Å². The summed E-state index contributed by atoms with van der Waals surface area (Å²) >= 11 is 0. The Morgan fingerprint density at radius 1 is 1.13 bits per heavy atom. The molecular formula is C22H28IN5O2. The molecule has 160 valence electrons. The van der Waals surface area contributed by atoms with E-state index in [1.54, 1.807) is 21.3 Å². The first-order valence-corrected chi connectivity index (χ1v) is 9.36. The molecule has 3 rings (SSSR count). The van der Waals surface area contributed by atoms with Gasteiger partial charge in [-0.25, -0.2) is 4.68 Å². The highest BCUT2D eigenvalue weighted by Crippen LogP contribution is 2.25. The summed E-state index contributed by atoms with van der Waals surface area (Å²) in [5.41, 5.74) is 3.16. The molecule has 0 bridgehead atoms. The van der Waals surface area contributed by atoms with Crippen molar-refractivity contribution in [3.63, 3.8) is 0 Å². The fraction of sp³-hybridized carbons (Fsp3) is 0.273. The maximum absolute atomic E-state index is 5.50. The largest absolute Gasteiger partial charge is 0.497 e. The van der Waals surface area contributed by atoms with Gasteiger partial charge in [-0.1, -0.05) is 18.2 Å². The molecule has 0 atom stereocenters. The van der Waals surface area contributed by atoms with Gasteiger partial charge in [-0.05, 0) is 24.3 Å². The second-order valence-corrected chi connectivity index (χ2v) is 6.56. The van der Waals surface area contributed by atoms with Crippen LogP contribution in [-0.2, 0) is 13.1 Å². The molecule has 0 radical (unpaired) electrons. The zero-order valence-corrected chi connectivity index (χ0v) is 20.0. The van der Waals surface area contributed by atoms with E-state index in [4.69, 9.17) is 9.47 Å². The van der Waals surface area contributed by atoms with E-state index in [1.165, 1.54) is 0 Å². The number of para-hydroxylation sites is 1. The lowest BCUT2D eigenvalue weighted by Crippen LogP contribution is -2.38. The quantitative estimate of drug-likeness (QED) is 0.292. The Morgan fingerprint density at radius 2 is 1.90 bits per heavy atom. The van der Waals surface area contributed by atoms with Crippen LogP contribution in [0, 0.1) is 0 Å². The van der Waals surface area contributed by atoms with Crippen molar-refractivity contribution in [2.75, 3.05) is 28.3 Å². The molecule has 0 aliphatic heterocycles. The minimum Gasteiger partial charge on any atom is -0.497 e. The molecule has 0 spiro atoms. The second kappa shape index (κ2) is 11.4. The molecule has 0 amide bonds. The van der Waals surface area contributed by atoms with Gasteiger partial charge in [0.1, 0.15) is 11.5 Å². The lowest BCUT2D eigenvalue weighted by molar-refractivity contribution is 0.382. The first kappa shape index (κ1) is 23.5. The molecule has 0 saturated carbocycles. The molecule has 0 fully saturated rings. The Morgan fingerprint density at radius 3 is 2.57 bits per heavy atom. The van der Waals surface area contributed by atoms with Crippen LogP contribution in [0.3, 0.4) is 0 Å². The Balaban J connectivity index is 0.00000320. The standard InChI is InChI=1S/C22H27N5O2.HI/c1-23-22(26(2)16-18-10-11-20(28-3)12-21(18)29-4)24-13-17-14-25-27(15-17)19-8-6-5-7-9-19;/h5-12,14-15H,13,16H2,1-4H3,(H,23,24);1H. The third kappa shape index (κ3) is 5.88. The Kier molecular flexibility index (Phi) is 8.97. The zero-order chi connectivity index (χ0) is 20.6. The fourth-order valence-corrected chi connectivity index (χ4v) is 3.05. The van der Waals surface area contributed by atoms with Crippen LogP contribution >= 0.6 is 24.0 Å². The Labute approximate surface area is 194 Å². The Bertz CT molecular complexity index is 959. The summed E-state index contributed by atoms with van der Waals surface area (Å²) in [7, 11) is 7.08.